The molecular formula is C20H20N2O3. The smallest absolute Gasteiger partial charge is 0.338 e. The predicted octanol–water partition coefficient (Wildman–Crippen LogP) is 3.27. The molecule has 1 atom stereocenters. The Morgan fingerprint density at radius 2 is 2.16 bits per heavy atom. The van der Waals surface area contributed by atoms with Gasteiger partial charge < -0.3 is 15.0 Å². The summed E-state index contributed by atoms with van der Waals surface area (Å²) in [6.07, 6.45) is 1.89. The number of benzene rings is 2. The fourth-order valence-electron chi connectivity index (χ4n) is 3.59. The van der Waals surface area contributed by atoms with Crippen LogP contribution in [0.3, 0.4) is 0 Å². The number of fused-ring (bicyclic) bond motifs is 3. The zero-order chi connectivity index (χ0) is 17.4. The molecular weight excluding hydrogens is 316 g/mol. The van der Waals surface area contributed by atoms with Crippen molar-refractivity contribution < 1.29 is 14.3 Å². The van der Waals surface area contributed by atoms with Crippen LogP contribution in [0.5, 0.6) is 0 Å². The van der Waals surface area contributed by atoms with Crippen LogP contribution < -0.4 is 10.2 Å². The third-order valence-electron chi connectivity index (χ3n) is 4.81. The molecule has 1 N–H and O–H groups in total. The van der Waals surface area contributed by atoms with E-state index in [4.69, 9.17) is 4.74 Å². The number of esters is 1. The molecule has 2 heterocycles. The van der Waals surface area contributed by atoms with Gasteiger partial charge in [-0.05, 0) is 43.5 Å². The van der Waals surface area contributed by atoms with Crippen LogP contribution in [0.15, 0.2) is 42.5 Å². The van der Waals surface area contributed by atoms with Gasteiger partial charge in [-0.25, -0.2) is 4.79 Å². The van der Waals surface area contributed by atoms with Crippen LogP contribution in [-0.2, 0) is 16.1 Å². The SMILES string of the molecule is Cc1cccc(COC(=O)c2ccc3c(c2)NC(=O)[C@@H]2CCCN32)c1. The lowest BCUT2D eigenvalue weighted by atomic mass is 10.1. The Hall–Kier alpha value is -2.82. The molecule has 0 radical (unpaired) electrons. The van der Waals surface area contributed by atoms with Gasteiger partial charge in [-0.3, -0.25) is 4.79 Å². The number of carbonyl (C=O) groups excluding carboxylic acids is 2. The van der Waals surface area contributed by atoms with Crippen LogP contribution in [-0.4, -0.2) is 24.5 Å². The van der Waals surface area contributed by atoms with E-state index < -0.39 is 0 Å². The first-order chi connectivity index (χ1) is 12.1. The Labute approximate surface area is 146 Å². The van der Waals surface area contributed by atoms with Crippen molar-refractivity contribution in [1.29, 1.82) is 0 Å². The van der Waals surface area contributed by atoms with Gasteiger partial charge in [-0.15, -0.1) is 0 Å². The Kier molecular flexibility index (Phi) is 3.92. The Morgan fingerprint density at radius 1 is 1.28 bits per heavy atom. The molecule has 0 spiro atoms. The first kappa shape index (κ1) is 15.7. The highest BCUT2D eigenvalue weighted by molar-refractivity contribution is 6.05. The predicted molar refractivity (Wildman–Crippen MR) is 95.7 cm³/mol. The van der Waals surface area contributed by atoms with Crippen LogP contribution in [0.1, 0.15) is 34.3 Å². The number of nitrogens with zero attached hydrogens (tertiary/aromatic N) is 1. The van der Waals surface area contributed by atoms with Crippen molar-refractivity contribution in [3.05, 3.63) is 59.2 Å². The minimum atomic E-state index is -0.387. The number of nitrogens with one attached hydrogen (secondary N) is 1. The van der Waals surface area contributed by atoms with Crippen molar-refractivity contribution in [2.75, 3.05) is 16.8 Å². The van der Waals surface area contributed by atoms with Gasteiger partial charge in [0.15, 0.2) is 0 Å². The summed E-state index contributed by atoms with van der Waals surface area (Å²) in [7, 11) is 0. The lowest BCUT2D eigenvalue weighted by Crippen LogP contribution is -2.43. The van der Waals surface area contributed by atoms with E-state index in [0.717, 1.165) is 36.2 Å². The van der Waals surface area contributed by atoms with E-state index in [2.05, 4.69) is 10.2 Å². The Bertz CT molecular complexity index is 847. The van der Waals surface area contributed by atoms with Crippen LogP contribution in [0.2, 0.25) is 0 Å². The van der Waals surface area contributed by atoms with Crippen molar-refractivity contribution in [3.63, 3.8) is 0 Å². The van der Waals surface area contributed by atoms with E-state index in [9.17, 15) is 9.59 Å². The van der Waals surface area contributed by atoms with Gasteiger partial charge in [0.25, 0.3) is 0 Å². The number of rotatable bonds is 3. The number of amides is 1. The van der Waals surface area contributed by atoms with Crippen molar-refractivity contribution in [2.45, 2.75) is 32.4 Å². The zero-order valence-electron chi connectivity index (χ0n) is 14.1. The second kappa shape index (κ2) is 6.24. The molecule has 1 amide bonds. The quantitative estimate of drug-likeness (QED) is 0.874. The first-order valence-corrected chi connectivity index (χ1v) is 8.56. The highest BCUT2D eigenvalue weighted by atomic mass is 16.5. The summed E-state index contributed by atoms with van der Waals surface area (Å²) in [5.74, 6) is -0.377. The molecule has 5 nitrogen and oxygen atoms in total. The van der Waals surface area contributed by atoms with Crippen LogP contribution in [0.25, 0.3) is 0 Å². The summed E-state index contributed by atoms with van der Waals surface area (Å²) in [6.45, 7) is 3.11. The Balaban J connectivity index is 1.51. The standard InChI is InChI=1S/C20H20N2O3/c1-13-4-2-5-14(10-13)12-25-20(24)15-7-8-17-16(11-15)21-19(23)18-6-3-9-22(17)18/h2,4-5,7-8,10-11,18H,3,6,9,12H2,1H3,(H,21,23)/t18-/m0/s1. The number of anilines is 2. The average molecular weight is 336 g/mol. The van der Waals surface area contributed by atoms with Gasteiger partial charge in [0, 0.05) is 6.54 Å². The van der Waals surface area contributed by atoms with E-state index in [1.54, 1.807) is 12.1 Å². The summed E-state index contributed by atoms with van der Waals surface area (Å²) in [5, 5.41) is 2.92. The minimum Gasteiger partial charge on any atom is -0.457 e. The molecule has 0 aliphatic carbocycles. The number of hydrogen-bond acceptors (Lipinski definition) is 4. The van der Waals surface area contributed by atoms with Gasteiger partial charge >= 0.3 is 5.97 Å². The Morgan fingerprint density at radius 3 is 3.00 bits per heavy atom. The molecule has 25 heavy (non-hydrogen) atoms. The normalized spacial score (nSPS) is 18.4. The molecule has 2 aliphatic rings. The van der Waals surface area contributed by atoms with E-state index in [0.29, 0.717) is 11.3 Å². The highest BCUT2D eigenvalue weighted by Crippen LogP contribution is 2.37. The summed E-state index contributed by atoms with van der Waals surface area (Å²) >= 11 is 0. The maximum absolute atomic E-state index is 12.3. The van der Waals surface area contributed by atoms with Crippen LogP contribution in [0, 0.1) is 6.92 Å². The zero-order valence-corrected chi connectivity index (χ0v) is 14.1. The largest absolute Gasteiger partial charge is 0.457 e. The number of aryl methyl sites for hydroxylation is 1. The fraction of sp³-hybridized carbons (Fsp3) is 0.300. The number of ether oxygens (including phenoxy) is 1. The molecule has 1 fully saturated rings. The lowest BCUT2D eigenvalue weighted by Gasteiger charge is -2.33. The highest BCUT2D eigenvalue weighted by Gasteiger charge is 2.36. The summed E-state index contributed by atoms with van der Waals surface area (Å²) in [4.78, 5) is 26.7. The van der Waals surface area contributed by atoms with Gasteiger partial charge in [0.05, 0.1) is 16.9 Å². The molecule has 4 rings (SSSR count). The second-order valence-electron chi connectivity index (χ2n) is 6.64. The molecule has 0 aromatic heterocycles. The van der Waals surface area contributed by atoms with Crippen LogP contribution in [0.4, 0.5) is 11.4 Å². The third-order valence-corrected chi connectivity index (χ3v) is 4.81. The second-order valence-corrected chi connectivity index (χ2v) is 6.64. The lowest BCUT2D eigenvalue weighted by molar-refractivity contribution is -0.117. The topological polar surface area (TPSA) is 58.6 Å². The molecule has 128 valence electrons. The molecule has 2 aromatic rings. The summed E-state index contributed by atoms with van der Waals surface area (Å²) < 4.78 is 5.41. The average Bonchev–Trinajstić information content (AvgIpc) is 3.10. The van der Waals surface area contributed by atoms with E-state index in [1.807, 2.05) is 37.3 Å². The van der Waals surface area contributed by atoms with Crippen molar-refractivity contribution >= 4 is 23.3 Å². The van der Waals surface area contributed by atoms with E-state index in [1.165, 1.54) is 0 Å². The number of hydrogen-bond donors (Lipinski definition) is 1. The van der Waals surface area contributed by atoms with Crippen molar-refractivity contribution in [1.82, 2.24) is 0 Å². The summed E-state index contributed by atoms with van der Waals surface area (Å²) in [5.41, 5.74) is 4.21. The van der Waals surface area contributed by atoms with Gasteiger partial charge in [0.1, 0.15) is 12.6 Å². The maximum atomic E-state index is 12.3. The fourth-order valence-corrected chi connectivity index (χ4v) is 3.59. The van der Waals surface area contributed by atoms with Gasteiger partial charge in [-0.2, -0.15) is 0 Å². The van der Waals surface area contributed by atoms with E-state index >= 15 is 0 Å². The van der Waals surface area contributed by atoms with E-state index in [-0.39, 0.29) is 24.5 Å². The van der Waals surface area contributed by atoms with Crippen molar-refractivity contribution in [2.24, 2.45) is 0 Å². The minimum absolute atomic E-state index is 0.00952. The molecule has 2 aliphatic heterocycles. The first-order valence-electron chi connectivity index (χ1n) is 8.56. The molecule has 0 bridgehead atoms. The molecule has 0 saturated carbocycles. The van der Waals surface area contributed by atoms with Gasteiger partial charge in [-0.1, -0.05) is 29.8 Å². The molecule has 5 heteroatoms. The van der Waals surface area contributed by atoms with Gasteiger partial charge in [0.2, 0.25) is 5.91 Å². The third kappa shape index (κ3) is 2.97. The molecule has 1 saturated heterocycles. The number of carbonyl (C=O) groups is 2. The molecule has 2 aromatic carbocycles. The monoisotopic (exact) mass is 336 g/mol. The van der Waals surface area contributed by atoms with Crippen molar-refractivity contribution in [3.8, 4) is 0 Å². The summed E-state index contributed by atoms with van der Waals surface area (Å²) in [6, 6.07) is 13.2. The van der Waals surface area contributed by atoms with Crippen LogP contribution >= 0.6 is 0 Å². The maximum Gasteiger partial charge on any atom is 0.338 e. The molecule has 0 unspecified atom stereocenters.